The topological polar surface area (TPSA) is 23.6 Å². The van der Waals surface area contributed by atoms with Crippen LogP contribution < -0.4 is 4.90 Å². The van der Waals surface area contributed by atoms with Crippen LogP contribution in [0.15, 0.2) is 24.3 Å². The second kappa shape index (κ2) is 6.69. The second-order valence-corrected chi connectivity index (χ2v) is 6.51. The Bertz CT molecular complexity index is 491. The summed E-state index contributed by atoms with van der Waals surface area (Å²) in [4.78, 5) is 16.9. The van der Waals surface area contributed by atoms with E-state index in [1.165, 1.54) is 19.3 Å². The number of benzene rings is 1. The zero-order chi connectivity index (χ0) is 14.7. The Kier molecular flexibility index (Phi) is 4.69. The minimum Gasteiger partial charge on any atom is -0.367 e. The van der Waals surface area contributed by atoms with E-state index < -0.39 is 0 Å². The van der Waals surface area contributed by atoms with Crippen LogP contribution in [0.1, 0.15) is 32.1 Å². The average Bonchev–Trinajstić information content (AvgIpc) is 2.56. The van der Waals surface area contributed by atoms with Gasteiger partial charge in [-0.1, -0.05) is 43.0 Å². The Hall–Kier alpha value is -1.22. The van der Waals surface area contributed by atoms with Crippen molar-refractivity contribution in [1.29, 1.82) is 0 Å². The number of piperazine rings is 1. The van der Waals surface area contributed by atoms with Gasteiger partial charge in [-0.2, -0.15) is 0 Å². The van der Waals surface area contributed by atoms with Crippen molar-refractivity contribution in [1.82, 2.24) is 4.90 Å². The van der Waals surface area contributed by atoms with Crippen LogP contribution in [0.4, 0.5) is 5.69 Å². The first kappa shape index (κ1) is 14.7. The molecule has 1 aromatic rings. The summed E-state index contributed by atoms with van der Waals surface area (Å²) in [7, 11) is 0. The smallest absolute Gasteiger partial charge is 0.225 e. The summed E-state index contributed by atoms with van der Waals surface area (Å²) in [5.41, 5.74) is 1.09. The lowest BCUT2D eigenvalue weighted by Gasteiger charge is -2.38. The Morgan fingerprint density at radius 1 is 1.00 bits per heavy atom. The van der Waals surface area contributed by atoms with E-state index in [1.807, 2.05) is 18.2 Å². The van der Waals surface area contributed by atoms with E-state index in [0.29, 0.717) is 5.91 Å². The molecule has 1 aromatic carbocycles. The maximum absolute atomic E-state index is 12.5. The summed E-state index contributed by atoms with van der Waals surface area (Å²) in [6, 6.07) is 7.95. The van der Waals surface area contributed by atoms with Gasteiger partial charge in [0.2, 0.25) is 5.91 Å². The lowest BCUT2D eigenvalue weighted by atomic mass is 9.88. The number of rotatable bonds is 2. The normalized spacial score (nSPS) is 20.6. The first-order chi connectivity index (χ1) is 10.3. The molecule has 1 amide bonds. The van der Waals surface area contributed by atoms with Crippen molar-refractivity contribution in [2.75, 3.05) is 31.1 Å². The van der Waals surface area contributed by atoms with E-state index in [2.05, 4.69) is 15.9 Å². The van der Waals surface area contributed by atoms with Crippen LogP contribution in [-0.2, 0) is 4.79 Å². The predicted octanol–water partition coefficient (Wildman–Crippen LogP) is 3.57. The number of para-hydroxylation sites is 1. The number of anilines is 1. The van der Waals surface area contributed by atoms with Crippen LogP contribution in [0.2, 0.25) is 5.02 Å². The zero-order valence-corrected chi connectivity index (χ0v) is 13.2. The highest BCUT2D eigenvalue weighted by Gasteiger charge is 2.28. The van der Waals surface area contributed by atoms with Gasteiger partial charge in [-0.05, 0) is 25.0 Å². The van der Waals surface area contributed by atoms with Crippen molar-refractivity contribution in [2.24, 2.45) is 5.92 Å². The SMILES string of the molecule is O=C(C1CCCCC1)N1CCN(c2ccccc2Cl)CC1. The second-order valence-electron chi connectivity index (χ2n) is 6.10. The molecule has 0 spiro atoms. The molecule has 0 unspecified atom stereocenters. The van der Waals surface area contributed by atoms with Gasteiger partial charge in [-0.15, -0.1) is 0 Å². The summed E-state index contributed by atoms with van der Waals surface area (Å²) >= 11 is 6.26. The van der Waals surface area contributed by atoms with Crippen LogP contribution in [0.3, 0.4) is 0 Å². The van der Waals surface area contributed by atoms with E-state index in [0.717, 1.165) is 49.7 Å². The molecule has 0 aromatic heterocycles. The van der Waals surface area contributed by atoms with Gasteiger partial charge in [0.15, 0.2) is 0 Å². The van der Waals surface area contributed by atoms with Crippen molar-refractivity contribution in [3.05, 3.63) is 29.3 Å². The monoisotopic (exact) mass is 306 g/mol. The molecule has 3 rings (SSSR count). The summed E-state index contributed by atoms with van der Waals surface area (Å²) < 4.78 is 0. The molecule has 3 nitrogen and oxygen atoms in total. The number of carbonyl (C=O) groups is 1. The average molecular weight is 307 g/mol. The highest BCUT2D eigenvalue weighted by molar-refractivity contribution is 6.33. The van der Waals surface area contributed by atoms with Crippen LogP contribution in [0, 0.1) is 5.92 Å². The number of carbonyl (C=O) groups excluding carboxylic acids is 1. The minimum absolute atomic E-state index is 0.283. The van der Waals surface area contributed by atoms with E-state index >= 15 is 0 Å². The lowest BCUT2D eigenvalue weighted by molar-refractivity contribution is -0.136. The highest BCUT2D eigenvalue weighted by atomic mass is 35.5. The van der Waals surface area contributed by atoms with Crippen LogP contribution in [0.5, 0.6) is 0 Å². The highest BCUT2D eigenvalue weighted by Crippen LogP contribution is 2.28. The van der Waals surface area contributed by atoms with Gasteiger partial charge in [-0.3, -0.25) is 4.79 Å². The molecule has 0 bridgehead atoms. The Morgan fingerprint density at radius 3 is 2.33 bits per heavy atom. The van der Waals surface area contributed by atoms with E-state index in [9.17, 15) is 4.79 Å². The number of halogens is 1. The molecule has 1 heterocycles. The molecule has 4 heteroatoms. The van der Waals surface area contributed by atoms with Crippen LogP contribution >= 0.6 is 11.6 Å². The Morgan fingerprint density at radius 2 is 1.67 bits per heavy atom. The summed E-state index contributed by atoms with van der Waals surface area (Å²) in [6.07, 6.45) is 5.91. The van der Waals surface area contributed by atoms with Gasteiger partial charge >= 0.3 is 0 Å². The number of hydrogen-bond donors (Lipinski definition) is 0. The number of amides is 1. The van der Waals surface area contributed by atoms with Gasteiger partial charge in [0, 0.05) is 32.1 Å². The standard InChI is InChI=1S/C17H23ClN2O/c18-15-8-4-5-9-16(15)19-10-12-20(13-11-19)17(21)14-6-2-1-3-7-14/h4-5,8-9,14H,1-3,6-7,10-13H2. The third-order valence-electron chi connectivity index (χ3n) is 4.74. The fraction of sp³-hybridized carbons (Fsp3) is 0.588. The number of nitrogens with zero attached hydrogens (tertiary/aromatic N) is 2. The van der Waals surface area contributed by atoms with Crippen LogP contribution in [-0.4, -0.2) is 37.0 Å². The van der Waals surface area contributed by atoms with E-state index in [1.54, 1.807) is 0 Å². The Balaban J connectivity index is 1.57. The Labute approximate surface area is 131 Å². The van der Waals surface area contributed by atoms with Gasteiger partial charge < -0.3 is 9.80 Å². The van der Waals surface area contributed by atoms with Crippen molar-refractivity contribution < 1.29 is 4.79 Å². The maximum Gasteiger partial charge on any atom is 0.225 e. The van der Waals surface area contributed by atoms with Crippen molar-refractivity contribution in [2.45, 2.75) is 32.1 Å². The molecule has 2 fully saturated rings. The largest absolute Gasteiger partial charge is 0.367 e. The molecule has 0 atom stereocenters. The molecule has 1 saturated heterocycles. The minimum atomic E-state index is 0.283. The van der Waals surface area contributed by atoms with Crippen molar-refractivity contribution in [3.8, 4) is 0 Å². The summed E-state index contributed by atoms with van der Waals surface area (Å²) in [5.74, 6) is 0.666. The van der Waals surface area contributed by atoms with Crippen molar-refractivity contribution in [3.63, 3.8) is 0 Å². The molecular weight excluding hydrogens is 284 g/mol. The molecule has 0 N–H and O–H groups in total. The van der Waals surface area contributed by atoms with Gasteiger partial charge in [0.1, 0.15) is 0 Å². The van der Waals surface area contributed by atoms with E-state index in [-0.39, 0.29) is 5.92 Å². The molecule has 21 heavy (non-hydrogen) atoms. The lowest BCUT2D eigenvalue weighted by Crippen LogP contribution is -2.50. The summed E-state index contributed by atoms with van der Waals surface area (Å²) in [6.45, 7) is 3.39. The van der Waals surface area contributed by atoms with Gasteiger partial charge in [0.05, 0.1) is 10.7 Å². The fourth-order valence-electron chi connectivity index (χ4n) is 3.48. The molecular formula is C17H23ClN2O. The fourth-order valence-corrected chi connectivity index (χ4v) is 3.74. The molecule has 2 aliphatic rings. The zero-order valence-electron chi connectivity index (χ0n) is 12.4. The third kappa shape index (κ3) is 3.34. The quantitative estimate of drug-likeness (QED) is 0.834. The molecule has 0 radical (unpaired) electrons. The van der Waals surface area contributed by atoms with Gasteiger partial charge in [0.25, 0.3) is 0 Å². The molecule has 1 saturated carbocycles. The van der Waals surface area contributed by atoms with Crippen molar-refractivity contribution >= 4 is 23.2 Å². The summed E-state index contributed by atoms with van der Waals surface area (Å²) in [5, 5.41) is 0.796. The van der Waals surface area contributed by atoms with Crippen LogP contribution in [0.25, 0.3) is 0 Å². The number of hydrogen-bond acceptors (Lipinski definition) is 2. The van der Waals surface area contributed by atoms with Gasteiger partial charge in [-0.25, -0.2) is 0 Å². The predicted molar refractivity (Wildman–Crippen MR) is 86.8 cm³/mol. The first-order valence-corrected chi connectivity index (χ1v) is 8.42. The molecule has 1 aliphatic heterocycles. The maximum atomic E-state index is 12.5. The third-order valence-corrected chi connectivity index (χ3v) is 5.06. The first-order valence-electron chi connectivity index (χ1n) is 8.04. The molecule has 1 aliphatic carbocycles. The molecule has 114 valence electrons. The van der Waals surface area contributed by atoms with E-state index in [4.69, 9.17) is 11.6 Å².